The zero-order chi connectivity index (χ0) is 11.4. The maximum atomic E-state index is 5.94. The number of hydrogen-bond donors (Lipinski definition) is 1. The average molecular weight is 231 g/mol. The van der Waals surface area contributed by atoms with E-state index in [1.165, 1.54) is 16.0 Å². The Kier molecular flexibility index (Phi) is 3.75. The predicted octanol–water partition coefficient (Wildman–Crippen LogP) is 3.69. The van der Waals surface area contributed by atoms with Crippen molar-refractivity contribution in [1.29, 1.82) is 0 Å². The zero-order valence-electron chi connectivity index (χ0n) is 9.52. The van der Waals surface area contributed by atoms with E-state index in [1.54, 1.807) is 11.3 Å². The van der Waals surface area contributed by atoms with Crippen LogP contribution in [-0.2, 0) is 6.42 Å². The summed E-state index contributed by atoms with van der Waals surface area (Å²) in [5.41, 5.74) is 8.56. The highest BCUT2D eigenvalue weighted by molar-refractivity contribution is 7.13. The first-order valence-electron chi connectivity index (χ1n) is 5.68. The van der Waals surface area contributed by atoms with E-state index < -0.39 is 0 Å². The van der Waals surface area contributed by atoms with Gasteiger partial charge < -0.3 is 5.73 Å². The summed E-state index contributed by atoms with van der Waals surface area (Å²) in [6.45, 7) is 2.13. The van der Waals surface area contributed by atoms with Crippen molar-refractivity contribution in [2.24, 2.45) is 5.73 Å². The van der Waals surface area contributed by atoms with Crippen molar-refractivity contribution in [2.75, 3.05) is 0 Å². The maximum absolute atomic E-state index is 5.94. The minimum atomic E-state index is 0.285. The van der Waals surface area contributed by atoms with Crippen LogP contribution in [-0.4, -0.2) is 6.04 Å². The Hall–Kier alpha value is -1.12. The Labute approximate surface area is 101 Å². The van der Waals surface area contributed by atoms with E-state index in [0.29, 0.717) is 0 Å². The first kappa shape index (κ1) is 11.4. The lowest BCUT2D eigenvalue weighted by Gasteiger charge is -2.08. The van der Waals surface area contributed by atoms with Crippen molar-refractivity contribution in [3.63, 3.8) is 0 Å². The number of rotatable bonds is 4. The molecule has 1 aromatic heterocycles. The molecule has 0 amide bonds. The summed E-state index contributed by atoms with van der Waals surface area (Å²) in [5, 5.41) is 2.11. The van der Waals surface area contributed by atoms with Crippen LogP contribution in [0.4, 0.5) is 0 Å². The van der Waals surface area contributed by atoms with Gasteiger partial charge in [-0.05, 0) is 35.4 Å². The molecule has 0 radical (unpaired) electrons. The van der Waals surface area contributed by atoms with Crippen LogP contribution in [0, 0.1) is 0 Å². The van der Waals surface area contributed by atoms with Crippen LogP contribution < -0.4 is 5.73 Å². The van der Waals surface area contributed by atoms with E-state index in [0.717, 1.165) is 12.8 Å². The van der Waals surface area contributed by atoms with Crippen molar-refractivity contribution < 1.29 is 0 Å². The van der Waals surface area contributed by atoms with E-state index in [2.05, 4.69) is 48.7 Å². The largest absolute Gasteiger partial charge is 0.327 e. The highest BCUT2D eigenvalue weighted by Crippen LogP contribution is 2.24. The molecular weight excluding hydrogens is 214 g/mol. The minimum Gasteiger partial charge on any atom is -0.327 e. The van der Waals surface area contributed by atoms with Gasteiger partial charge in [-0.15, -0.1) is 11.3 Å². The summed E-state index contributed by atoms with van der Waals surface area (Å²) in [6, 6.07) is 13.3. The molecule has 0 bridgehead atoms. The molecule has 0 saturated heterocycles. The maximum Gasteiger partial charge on any atom is 0.0342 e. The summed E-state index contributed by atoms with van der Waals surface area (Å²) < 4.78 is 0. The Balaban J connectivity index is 2.11. The van der Waals surface area contributed by atoms with E-state index in [1.807, 2.05) is 0 Å². The fourth-order valence-corrected chi connectivity index (χ4v) is 2.43. The van der Waals surface area contributed by atoms with Gasteiger partial charge in [0.05, 0.1) is 0 Å². The van der Waals surface area contributed by atoms with E-state index in [-0.39, 0.29) is 6.04 Å². The van der Waals surface area contributed by atoms with Gasteiger partial charge in [-0.1, -0.05) is 37.3 Å². The molecule has 0 aliphatic rings. The monoisotopic (exact) mass is 231 g/mol. The van der Waals surface area contributed by atoms with Gasteiger partial charge in [-0.2, -0.15) is 0 Å². The smallest absolute Gasteiger partial charge is 0.0342 e. The Morgan fingerprint density at radius 2 is 1.94 bits per heavy atom. The molecule has 1 unspecified atom stereocenters. The highest BCUT2D eigenvalue weighted by atomic mass is 32.1. The van der Waals surface area contributed by atoms with Gasteiger partial charge >= 0.3 is 0 Å². The molecule has 2 heteroatoms. The van der Waals surface area contributed by atoms with E-state index in [9.17, 15) is 0 Å². The molecule has 1 heterocycles. The van der Waals surface area contributed by atoms with Crippen molar-refractivity contribution in [2.45, 2.75) is 25.8 Å². The lowest BCUT2D eigenvalue weighted by Crippen LogP contribution is -2.21. The molecule has 16 heavy (non-hydrogen) atoms. The minimum absolute atomic E-state index is 0.285. The molecule has 0 aliphatic carbocycles. The van der Waals surface area contributed by atoms with Crippen LogP contribution >= 0.6 is 11.3 Å². The SMILES string of the molecule is CCC(N)Cc1ccc(-c2cccs2)cc1. The average Bonchev–Trinajstić information content (AvgIpc) is 2.83. The quantitative estimate of drug-likeness (QED) is 0.853. The second kappa shape index (κ2) is 5.28. The van der Waals surface area contributed by atoms with Crippen LogP contribution in [0.2, 0.25) is 0 Å². The fraction of sp³-hybridized carbons (Fsp3) is 0.286. The van der Waals surface area contributed by atoms with Crippen molar-refractivity contribution in [3.05, 3.63) is 47.3 Å². The molecule has 0 saturated carbocycles. The van der Waals surface area contributed by atoms with Crippen LogP contribution in [0.5, 0.6) is 0 Å². The molecule has 1 aromatic carbocycles. The van der Waals surface area contributed by atoms with Gasteiger partial charge in [0.15, 0.2) is 0 Å². The lowest BCUT2D eigenvalue weighted by molar-refractivity contribution is 0.646. The fourth-order valence-electron chi connectivity index (χ4n) is 1.70. The van der Waals surface area contributed by atoms with Crippen LogP contribution in [0.15, 0.2) is 41.8 Å². The number of thiophene rings is 1. The van der Waals surface area contributed by atoms with Crippen molar-refractivity contribution >= 4 is 11.3 Å². The normalized spacial score (nSPS) is 12.6. The van der Waals surface area contributed by atoms with Gasteiger partial charge in [0, 0.05) is 10.9 Å². The third-order valence-electron chi connectivity index (χ3n) is 2.78. The topological polar surface area (TPSA) is 26.0 Å². The predicted molar refractivity (Wildman–Crippen MR) is 71.7 cm³/mol. The summed E-state index contributed by atoms with van der Waals surface area (Å²) in [4.78, 5) is 1.33. The second-order valence-corrected chi connectivity index (χ2v) is 4.99. The Bertz CT molecular complexity index is 417. The van der Waals surface area contributed by atoms with Gasteiger partial charge in [-0.25, -0.2) is 0 Å². The molecule has 0 fully saturated rings. The Morgan fingerprint density at radius 3 is 2.50 bits per heavy atom. The van der Waals surface area contributed by atoms with Gasteiger partial charge in [0.25, 0.3) is 0 Å². The molecule has 2 aromatic rings. The molecule has 2 N–H and O–H groups in total. The molecule has 1 atom stereocenters. The summed E-state index contributed by atoms with van der Waals surface area (Å²) >= 11 is 1.78. The standard InChI is InChI=1S/C14H17NS/c1-2-13(15)10-11-5-7-12(8-6-11)14-4-3-9-16-14/h3-9,13H,2,10,15H2,1H3. The molecule has 84 valence electrons. The first-order valence-corrected chi connectivity index (χ1v) is 6.56. The molecule has 2 rings (SSSR count). The van der Waals surface area contributed by atoms with Crippen molar-refractivity contribution in [1.82, 2.24) is 0 Å². The van der Waals surface area contributed by atoms with Gasteiger partial charge in [0.1, 0.15) is 0 Å². The number of nitrogens with two attached hydrogens (primary N) is 1. The Morgan fingerprint density at radius 1 is 1.19 bits per heavy atom. The van der Waals surface area contributed by atoms with Crippen LogP contribution in [0.3, 0.4) is 0 Å². The molecule has 0 aliphatic heterocycles. The highest BCUT2D eigenvalue weighted by Gasteiger charge is 2.02. The third kappa shape index (κ3) is 2.71. The first-order chi connectivity index (χ1) is 7.79. The summed E-state index contributed by atoms with van der Waals surface area (Å²) in [5.74, 6) is 0. The summed E-state index contributed by atoms with van der Waals surface area (Å²) in [6.07, 6.45) is 2.01. The van der Waals surface area contributed by atoms with Crippen LogP contribution in [0.1, 0.15) is 18.9 Å². The van der Waals surface area contributed by atoms with Gasteiger partial charge in [0.2, 0.25) is 0 Å². The number of benzene rings is 1. The van der Waals surface area contributed by atoms with Crippen LogP contribution in [0.25, 0.3) is 10.4 Å². The summed E-state index contributed by atoms with van der Waals surface area (Å²) in [7, 11) is 0. The van der Waals surface area contributed by atoms with Crippen molar-refractivity contribution in [3.8, 4) is 10.4 Å². The lowest BCUT2D eigenvalue weighted by atomic mass is 10.0. The zero-order valence-corrected chi connectivity index (χ0v) is 10.3. The van der Waals surface area contributed by atoms with Gasteiger partial charge in [-0.3, -0.25) is 0 Å². The molecule has 1 nitrogen and oxygen atoms in total. The van der Waals surface area contributed by atoms with E-state index in [4.69, 9.17) is 5.73 Å². The third-order valence-corrected chi connectivity index (χ3v) is 3.70. The van der Waals surface area contributed by atoms with E-state index >= 15 is 0 Å². The number of hydrogen-bond acceptors (Lipinski definition) is 2. The molecular formula is C14H17NS. The second-order valence-electron chi connectivity index (χ2n) is 4.05. The molecule has 0 spiro atoms.